The Kier molecular flexibility index (Phi) is 6.14. The molecule has 5 nitrogen and oxygen atoms in total. The Hall–Kier alpha value is -1.42. The molecule has 0 saturated carbocycles. The lowest BCUT2D eigenvalue weighted by Gasteiger charge is -2.23. The predicted octanol–water partition coefficient (Wildman–Crippen LogP) is 1.52. The Morgan fingerprint density at radius 1 is 1.15 bits per heavy atom. The van der Waals surface area contributed by atoms with Gasteiger partial charge in [-0.05, 0) is 32.6 Å². The molecule has 0 unspecified atom stereocenters. The number of nitriles is 1. The highest BCUT2D eigenvalue weighted by atomic mass is 32.2. The number of benzene rings is 1. The van der Waals surface area contributed by atoms with E-state index in [0.717, 1.165) is 6.42 Å². The van der Waals surface area contributed by atoms with Crippen molar-refractivity contribution in [3.05, 3.63) is 29.8 Å². The molecule has 0 saturated heterocycles. The van der Waals surface area contributed by atoms with Crippen molar-refractivity contribution < 1.29 is 8.42 Å². The number of nitrogens with zero attached hydrogens (tertiary/aromatic N) is 3. The van der Waals surface area contributed by atoms with E-state index in [9.17, 15) is 8.42 Å². The summed E-state index contributed by atoms with van der Waals surface area (Å²) in [5.74, 6) is 0. The molecule has 0 aromatic heterocycles. The molecule has 1 aromatic rings. The van der Waals surface area contributed by atoms with E-state index in [1.54, 1.807) is 12.1 Å². The van der Waals surface area contributed by atoms with Crippen LogP contribution in [0.25, 0.3) is 0 Å². The Labute approximate surface area is 121 Å². The summed E-state index contributed by atoms with van der Waals surface area (Å²) in [5.41, 5.74) is 0.193. The fourth-order valence-corrected chi connectivity index (χ4v) is 3.50. The monoisotopic (exact) mass is 295 g/mol. The van der Waals surface area contributed by atoms with Crippen molar-refractivity contribution >= 4 is 10.0 Å². The minimum absolute atomic E-state index is 0.0923. The number of hydrogen-bond donors (Lipinski definition) is 0. The van der Waals surface area contributed by atoms with Gasteiger partial charge >= 0.3 is 0 Å². The maximum Gasteiger partial charge on any atom is 0.244 e. The molecular formula is C14H21N3O2S. The minimum Gasteiger partial charge on any atom is -0.308 e. The van der Waals surface area contributed by atoms with Crippen LogP contribution in [0.15, 0.2) is 29.2 Å². The van der Waals surface area contributed by atoms with Gasteiger partial charge in [0.2, 0.25) is 10.0 Å². The van der Waals surface area contributed by atoms with Gasteiger partial charge in [0.1, 0.15) is 6.07 Å². The van der Waals surface area contributed by atoms with Gasteiger partial charge in [0.25, 0.3) is 0 Å². The van der Waals surface area contributed by atoms with Gasteiger partial charge in [-0.2, -0.15) is 9.57 Å². The highest BCUT2D eigenvalue weighted by Gasteiger charge is 2.26. The van der Waals surface area contributed by atoms with E-state index in [4.69, 9.17) is 5.26 Å². The van der Waals surface area contributed by atoms with E-state index >= 15 is 0 Å². The van der Waals surface area contributed by atoms with Crippen LogP contribution in [0.3, 0.4) is 0 Å². The standard InChI is InChI=1S/C14H21N3O2S/c1-4-9-17(11-10-16(2)3)20(18,19)14-8-6-5-7-13(14)12-15/h5-8H,4,9-11H2,1-3H3. The average Bonchev–Trinajstić information content (AvgIpc) is 2.42. The Bertz CT molecular complexity index is 576. The molecule has 1 aromatic carbocycles. The first-order valence-electron chi connectivity index (χ1n) is 6.57. The molecule has 0 aliphatic heterocycles. The second-order valence-corrected chi connectivity index (χ2v) is 6.72. The van der Waals surface area contributed by atoms with Crippen molar-refractivity contribution in [3.8, 4) is 6.07 Å². The van der Waals surface area contributed by atoms with Gasteiger partial charge in [-0.3, -0.25) is 0 Å². The van der Waals surface area contributed by atoms with E-state index < -0.39 is 10.0 Å². The van der Waals surface area contributed by atoms with E-state index in [2.05, 4.69) is 0 Å². The van der Waals surface area contributed by atoms with Crippen molar-refractivity contribution in [2.75, 3.05) is 33.7 Å². The summed E-state index contributed by atoms with van der Waals surface area (Å²) in [5, 5.41) is 9.07. The van der Waals surface area contributed by atoms with Crippen LogP contribution in [0.4, 0.5) is 0 Å². The molecule has 0 fully saturated rings. The highest BCUT2D eigenvalue weighted by molar-refractivity contribution is 7.89. The summed E-state index contributed by atoms with van der Waals surface area (Å²) in [6.07, 6.45) is 0.737. The molecule has 0 aliphatic carbocycles. The third-order valence-electron chi connectivity index (χ3n) is 2.89. The fraction of sp³-hybridized carbons (Fsp3) is 0.500. The third kappa shape index (κ3) is 4.04. The van der Waals surface area contributed by atoms with Crippen molar-refractivity contribution in [3.63, 3.8) is 0 Å². The zero-order chi connectivity index (χ0) is 15.2. The molecule has 6 heteroatoms. The topological polar surface area (TPSA) is 64.4 Å². The molecule has 0 atom stereocenters. The Morgan fingerprint density at radius 2 is 1.80 bits per heavy atom. The summed E-state index contributed by atoms with van der Waals surface area (Å²) in [6.45, 7) is 3.46. The molecule has 0 radical (unpaired) electrons. The smallest absolute Gasteiger partial charge is 0.244 e. The SMILES string of the molecule is CCCN(CCN(C)C)S(=O)(=O)c1ccccc1C#N. The Balaban J connectivity index is 3.13. The van der Waals surface area contributed by atoms with Gasteiger partial charge < -0.3 is 4.90 Å². The van der Waals surface area contributed by atoms with Gasteiger partial charge in [0.15, 0.2) is 0 Å². The van der Waals surface area contributed by atoms with Crippen molar-refractivity contribution in [2.45, 2.75) is 18.2 Å². The number of hydrogen-bond acceptors (Lipinski definition) is 4. The molecule has 0 N–H and O–H groups in total. The largest absolute Gasteiger partial charge is 0.308 e. The molecule has 110 valence electrons. The lowest BCUT2D eigenvalue weighted by molar-refractivity contribution is 0.333. The molecule has 0 amide bonds. The molecule has 0 heterocycles. The van der Waals surface area contributed by atoms with Gasteiger partial charge in [-0.1, -0.05) is 19.1 Å². The zero-order valence-electron chi connectivity index (χ0n) is 12.2. The van der Waals surface area contributed by atoms with Crippen LogP contribution in [-0.2, 0) is 10.0 Å². The third-order valence-corrected chi connectivity index (χ3v) is 4.85. The number of rotatable bonds is 7. The first-order chi connectivity index (χ1) is 9.43. The summed E-state index contributed by atoms with van der Waals surface area (Å²) in [4.78, 5) is 2.03. The average molecular weight is 295 g/mol. The van der Waals surface area contributed by atoms with Crippen molar-refractivity contribution in [2.24, 2.45) is 0 Å². The molecular weight excluding hydrogens is 274 g/mol. The van der Waals surface area contributed by atoms with Gasteiger partial charge in [-0.15, -0.1) is 0 Å². The highest BCUT2D eigenvalue weighted by Crippen LogP contribution is 2.19. The van der Waals surface area contributed by atoms with E-state index in [1.807, 2.05) is 32.0 Å². The first kappa shape index (κ1) is 16.6. The molecule has 0 bridgehead atoms. The van der Waals surface area contributed by atoms with Crippen LogP contribution in [0, 0.1) is 11.3 Å². The van der Waals surface area contributed by atoms with Gasteiger partial charge in [0.05, 0.1) is 10.5 Å². The molecule has 0 aliphatic rings. The first-order valence-corrected chi connectivity index (χ1v) is 8.01. The van der Waals surface area contributed by atoms with Gasteiger partial charge in [0, 0.05) is 19.6 Å². The van der Waals surface area contributed by atoms with Crippen LogP contribution in [0.5, 0.6) is 0 Å². The van der Waals surface area contributed by atoms with Crippen molar-refractivity contribution in [1.29, 1.82) is 5.26 Å². The van der Waals surface area contributed by atoms with Crippen molar-refractivity contribution in [1.82, 2.24) is 9.21 Å². The lowest BCUT2D eigenvalue weighted by Crippen LogP contribution is -2.37. The van der Waals surface area contributed by atoms with E-state index in [0.29, 0.717) is 19.6 Å². The summed E-state index contributed by atoms with van der Waals surface area (Å²) in [6, 6.07) is 8.28. The maximum atomic E-state index is 12.7. The quantitative estimate of drug-likeness (QED) is 0.765. The summed E-state index contributed by atoms with van der Waals surface area (Å²) in [7, 11) is 0.188. The van der Waals surface area contributed by atoms with Crippen LogP contribution in [0.2, 0.25) is 0 Å². The van der Waals surface area contributed by atoms with Crippen LogP contribution in [-0.4, -0.2) is 51.4 Å². The molecule has 1 rings (SSSR count). The van der Waals surface area contributed by atoms with Crippen LogP contribution < -0.4 is 0 Å². The maximum absolute atomic E-state index is 12.7. The number of likely N-dealkylation sites (N-methyl/N-ethyl adjacent to an activating group) is 1. The second-order valence-electron chi connectivity index (χ2n) is 4.82. The summed E-state index contributed by atoms with van der Waals surface area (Å²) >= 11 is 0. The normalized spacial score (nSPS) is 11.8. The number of sulfonamides is 1. The second kappa shape index (κ2) is 7.39. The van der Waals surface area contributed by atoms with E-state index in [1.165, 1.54) is 16.4 Å². The minimum atomic E-state index is -3.62. The van der Waals surface area contributed by atoms with E-state index in [-0.39, 0.29) is 10.5 Å². The Morgan fingerprint density at radius 3 is 2.35 bits per heavy atom. The zero-order valence-corrected chi connectivity index (χ0v) is 13.0. The molecule has 0 spiro atoms. The lowest BCUT2D eigenvalue weighted by atomic mass is 10.2. The predicted molar refractivity (Wildman–Crippen MR) is 78.8 cm³/mol. The summed E-state index contributed by atoms with van der Waals surface area (Å²) < 4.78 is 26.8. The fourth-order valence-electron chi connectivity index (χ4n) is 1.84. The van der Waals surface area contributed by atoms with Crippen LogP contribution >= 0.6 is 0 Å². The van der Waals surface area contributed by atoms with Gasteiger partial charge in [-0.25, -0.2) is 8.42 Å². The van der Waals surface area contributed by atoms with Crippen LogP contribution in [0.1, 0.15) is 18.9 Å². The molecule has 20 heavy (non-hydrogen) atoms.